The largest absolute Gasteiger partial charge is 0.399 e. The average Bonchev–Trinajstić information content (AvgIpc) is 2.82. The number of nitrogens with two attached hydrogens (primary N) is 1. The summed E-state index contributed by atoms with van der Waals surface area (Å²) in [4.78, 5) is 0. The van der Waals surface area contributed by atoms with Crippen LogP contribution in [0.5, 0.6) is 0 Å². The van der Waals surface area contributed by atoms with Gasteiger partial charge in [-0.05, 0) is 49.6 Å². The SMILES string of the molecule is Nc1ccc(Br)c(CNCCC2CCCO2)c1. The smallest absolute Gasteiger partial charge is 0.0588 e. The zero-order chi connectivity index (χ0) is 12.1. The molecule has 0 spiro atoms. The number of rotatable bonds is 5. The van der Waals surface area contributed by atoms with Crippen molar-refractivity contribution in [3.8, 4) is 0 Å². The quantitative estimate of drug-likeness (QED) is 0.649. The van der Waals surface area contributed by atoms with E-state index >= 15 is 0 Å². The van der Waals surface area contributed by atoms with E-state index in [1.807, 2.05) is 18.2 Å². The first-order valence-corrected chi connectivity index (χ1v) is 6.91. The summed E-state index contributed by atoms with van der Waals surface area (Å²) in [6, 6.07) is 5.90. The van der Waals surface area contributed by atoms with Crippen molar-refractivity contribution in [1.29, 1.82) is 0 Å². The molecule has 1 heterocycles. The van der Waals surface area contributed by atoms with Gasteiger partial charge in [-0.3, -0.25) is 0 Å². The number of nitrogens with one attached hydrogen (secondary N) is 1. The fourth-order valence-electron chi connectivity index (χ4n) is 2.09. The molecule has 0 amide bonds. The van der Waals surface area contributed by atoms with Crippen LogP contribution >= 0.6 is 15.9 Å². The summed E-state index contributed by atoms with van der Waals surface area (Å²) in [6.07, 6.45) is 3.99. The van der Waals surface area contributed by atoms with Gasteiger partial charge in [-0.2, -0.15) is 0 Å². The Balaban J connectivity index is 1.72. The Morgan fingerprint density at radius 2 is 2.35 bits per heavy atom. The van der Waals surface area contributed by atoms with Gasteiger partial charge in [-0.1, -0.05) is 15.9 Å². The van der Waals surface area contributed by atoms with Crippen LogP contribution in [-0.2, 0) is 11.3 Å². The van der Waals surface area contributed by atoms with Gasteiger partial charge < -0.3 is 15.8 Å². The van der Waals surface area contributed by atoms with Crippen molar-refractivity contribution in [2.75, 3.05) is 18.9 Å². The van der Waals surface area contributed by atoms with Gasteiger partial charge in [-0.15, -0.1) is 0 Å². The number of nitrogen functional groups attached to an aromatic ring is 1. The van der Waals surface area contributed by atoms with Gasteiger partial charge in [0, 0.05) is 23.3 Å². The maximum absolute atomic E-state index is 5.76. The molecule has 3 nitrogen and oxygen atoms in total. The molecule has 0 saturated carbocycles. The van der Waals surface area contributed by atoms with Crippen molar-refractivity contribution >= 4 is 21.6 Å². The van der Waals surface area contributed by atoms with Gasteiger partial charge in [0.25, 0.3) is 0 Å². The molecule has 4 heteroatoms. The molecule has 0 bridgehead atoms. The lowest BCUT2D eigenvalue weighted by Crippen LogP contribution is -2.20. The van der Waals surface area contributed by atoms with Crippen LogP contribution in [0.1, 0.15) is 24.8 Å². The Bertz CT molecular complexity index is 364. The first-order chi connectivity index (χ1) is 8.25. The van der Waals surface area contributed by atoms with Gasteiger partial charge in [0.15, 0.2) is 0 Å². The molecule has 17 heavy (non-hydrogen) atoms. The minimum absolute atomic E-state index is 0.465. The normalized spacial score (nSPS) is 19.7. The molecule has 0 aromatic heterocycles. The third-order valence-electron chi connectivity index (χ3n) is 3.05. The summed E-state index contributed by atoms with van der Waals surface area (Å²) in [5.74, 6) is 0. The molecule has 1 fully saturated rings. The first kappa shape index (κ1) is 12.9. The minimum Gasteiger partial charge on any atom is -0.399 e. The fourth-order valence-corrected chi connectivity index (χ4v) is 2.48. The molecule has 94 valence electrons. The van der Waals surface area contributed by atoms with Crippen LogP contribution in [0.15, 0.2) is 22.7 Å². The molecular formula is C13H19BrN2O. The molecule has 1 aliphatic heterocycles. The van der Waals surface area contributed by atoms with E-state index in [-0.39, 0.29) is 0 Å². The molecule has 1 aliphatic rings. The number of halogens is 1. The Kier molecular flexibility index (Phi) is 4.83. The maximum Gasteiger partial charge on any atom is 0.0588 e. The summed E-state index contributed by atoms with van der Waals surface area (Å²) in [5.41, 5.74) is 7.78. The van der Waals surface area contributed by atoms with Crippen LogP contribution in [0.4, 0.5) is 5.69 Å². The van der Waals surface area contributed by atoms with Gasteiger partial charge in [0.2, 0.25) is 0 Å². The third kappa shape index (κ3) is 3.98. The van der Waals surface area contributed by atoms with E-state index in [0.29, 0.717) is 6.10 Å². The van der Waals surface area contributed by atoms with Crippen molar-refractivity contribution in [3.63, 3.8) is 0 Å². The topological polar surface area (TPSA) is 47.3 Å². The Morgan fingerprint density at radius 1 is 1.47 bits per heavy atom. The van der Waals surface area contributed by atoms with E-state index in [9.17, 15) is 0 Å². The number of hydrogen-bond acceptors (Lipinski definition) is 3. The Labute approximate surface area is 111 Å². The number of ether oxygens (including phenoxy) is 1. The highest BCUT2D eigenvalue weighted by atomic mass is 79.9. The van der Waals surface area contributed by atoms with Gasteiger partial charge in [0.1, 0.15) is 0 Å². The van der Waals surface area contributed by atoms with E-state index in [0.717, 1.165) is 36.3 Å². The summed E-state index contributed by atoms with van der Waals surface area (Å²) >= 11 is 3.53. The van der Waals surface area contributed by atoms with Crippen LogP contribution in [0, 0.1) is 0 Å². The highest BCUT2D eigenvalue weighted by molar-refractivity contribution is 9.10. The predicted molar refractivity (Wildman–Crippen MR) is 73.9 cm³/mol. The van der Waals surface area contributed by atoms with Crippen molar-refractivity contribution in [3.05, 3.63) is 28.2 Å². The molecule has 0 radical (unpaired) electrons. The van der Waals surface area contributed by atoms with E-state index in [1.54, 1.807) is 0 Å². The van der Waals surface area contributed by atoms with E-state index in [4.69, 9.17) is 10.5 Å². The maximum atomic E-state index is 5.76. The van der Waals surface area contributed by atoms with Crippen molar-refractivity contribution in [2.24, 2.45) is 0 Å². The fraction of sp³-hybridized carbons (Fsp3) is 0.538. The van der Waals surface area contributed by atoms with Crippen LogP contribution in [0.25, 0.3) is 0 Å². The number of benzene rings is 1. The van der Waals surface area contributed by atoms with Crippen molar-refractivity contribution in [1.82, 2.24) is 5.32 Å². The average molecular weight is 299 g/mol. The zero-order valence-electron chi connectivity index (χ0n) is 9.92. The van der Waals surface area contributed by atoms with Crippen molar-refractivity contribution in [2.45, 2.75) is 31.9 Å². The Hall–Kier alpha value is -0.580. The predicted octanol–water partition coefficient (Wildman–Crippen LogP) is 2.69. The molecule has 1 unspecified atom stereocenters. The number of anilines is 1. The molecule has 2 rings (SSSR count). The zero-order valence-corrected chi connectivity index (χ0v) is 11.5. The van der Waals surface area contributed by atoms with Crippen LogP contribution in [0.3, 0.4) is 0 Å². The van der Waals surface area contributed by atoms with E-state index in [2.05, 4.69) is 21.2 Å². The molecule has 1 atom stereocenters. The Morgan fingerprint density at radius 3 is 3.12 bits per heavy atom. The summed E-state index contributed by atoms with van der Waals surface area (Å²) in [7, 11) is 0. The lowest BCUT2D eigenvalue weighted by molar-refractivity contribution is 0.104. The molecule has 1 aromatic carbocycles. The van der Waals surface area contributed by atoms with E-state index < -0.39 is 0 Å². The lowest BCUT2D eigenvalue weighted by Gasteiger charge is -2.11. The van der Waals surface area contributed by atoms with Gasteiger partial charge >= 0.3 is 0 Å². The minimum atomic E-state index is 0.465. The molecule has 1 saturated heterocycles. The van der Waals surface area contributed by atoms with Crippen LogP contribution < -0.4 is 11.1 Å². The number of hydrogen-bond donors (Lipinski definition) is 2. The van der Waals surface area contributed by atoms with Crippen molar-refractivity contribution < 1.29 is 4.74 Å². The van der Waals surface area contributed by atoms with Crippen LogP contribution in [-0.4, -0.2) is 19.3 Å². The highest BCUT2D eigenvalue weighted by Crippen LogP contribution is 2.19. The highest BCUT2D eigenvalue weighted by Gasteiger charge is 2.14. The third-order valence-corrected chi connectivity index (χ3v) is 3.83. The van der Waals surface area contributed by atoms with Crippen LogP contribution in [0.2, 0.25) is 0 Å². The van der Waals surface area contributed by atoms with E-state index in [1.165, 1.54) is 18.4 Å². The molecule has 0 aliphatic carbocycles. The second kappa shape index (κ2) is 6.38. The van der Waals surface area contributed by atoms with Gasteiger partial charge in [-0.25, -0.2) is 0 Å². The second-order valence-electron chi connectivity index (χ2n) is 4.45. The molecular weight excluding hydrogens is 280 g/mol. The molecule has 3 N–H and O–H groups in total. The lowest BCUT2D eigenvalue weighted by atomic mass is 10.1. The van der Waals surface area contributed by atoms with Gasteiger partial charge in [0.05, 0.1) is 6.10 Å². The standard InChI is InChI=1S/C13H19BrN2O/c14-13-4-3-11(15)8-10(13)9-16-6-5-12-2-1-7-17-12/h3-4,8,12,16H,1-2,5-7,9,15H2. The first-order valence-electron chi connectivity index (χ1n) is 6.12. The second-order valence-corrected chi connectivity index (χ2v) is 5.31. The summed E-state index contributed by atoms with van der Waals surface area (Å²) in [5, 5.41) is 3.43. The summed E-state index contributed by atoms with van der Waals surface area (Å²) in [6.45, 7) is 2.77. The summed E-state index contributed by atoms with van der Waals surface area (Å²) < 4.78 is 6.69. The molecule has 1 aromatic rings. The monoisotopic (exact) mass is 298 g/mol.